The van der Waals surface area contributed by atoms with Gasteiger partial charge in [-0.2, -0.15) is 0 Å². The molecule has 2 unspecified atom stereocenters. The van der Waals surface area contributed by atoms with Crippen LogP contribution in [0.4, 0.5) is 0 Å². The van der Waals surface area contributed by atoms with Gasteiger partial charge in [0.1, 0.15) is 0 Å². The van der Waals surface area contributed by atoms with Crippen molar-refractivity contribution in [2.24, 2.45) is 34.0 Å². The van der Waals surface area contributed by atoms with Crippen LogP contribution in [0, 0.1) is 34.0 Å². The second kappa shape index (κ2) is 12.1. The molecule has 0 amide bonds. The van der Waals surface area contributed by atoms with Crippen LogP contribution in [0.15, 0.2) is 0 Å². The molecule has 1 aliphatic carbocycles. The fourth-order valence-corrected chi connectivity index (χ4v) is 4.83. The van der Waals surface area contributed by atoms with E-state index in [-0.39, 0.29) is 5.41 Å². The summed E-state index contributed by atoms with van der Waals surface area (Å²) in [7, 11) is 1.79. The third-order valence-corrected chi connectivity index (χ3v) is 8.27. The minimum atomic E-state index is 0.288. The highest BCUT2D eigenvalue weighted by molar-refractivity contribution is 4.85. The highest BCUT2D eigenvalue weighted by Gasteiger charge is 2.34. The Bertz CT molecular complexity index is 426. The van der Waals surface area contributed by atoms with Crippen LogP contribution in [0.3, 0.4) is 0 Å². The fraction of sp³-hybridized carbons (Fsp3) is 1.00. The molecular weight excluding hydrogens is 356 g/mol. The molecule has 0 aromatic carbocycles. The van der Waals surface area contributed by atoms with Gasteiger partial charge in [0.15, 0.2) is 0 Å². The molecule has 2 atom stereocenters. The first-order valence-electron chi connectivity index (χ1n) is 12.5. The summed E-state index contributed by atoms with van der Waals surface area (Å²) in [5.41, 5.74) is 1.10. The normalized spacial score (nSPS) is 19.3. The molecular formula is C27H54O2. The van der Waals surface area contributed by atoms with Crippen molar-refractivity contribution in [3.8, 4) is 0 Å². The first-order valence-corrected chi connectivity index (χ1v) is 12.5. The Morgan fingerprint density at radius 2 is 1.48 bits per heavy atom. The monoisotopic (exact) mass is 410 g/mol. The maximum absolute atomic E-state index is 6.31. The molecule has 1 rings (SSSR count). The number of rotatable bonds is 13. The van der Waals surface area contributed by atoms with Crippen LogP contribution in [0.2, 0.25) is 0 Å². The molecule has 0 spiro atoms. The molecule has 0 aliphatic heterocycles. The quantitative estimate of drug-likeness (QED) is 0.285. The lowest BCUT2D eigenvalue weighted by molar-refractivity contribution is 0.00224. The van der Waals surface area contributed by atoms with Gasteiger partial charge in [0, 0.05) is 26.9 Å². The van der Waals surface area contributed by atoms with E-state index in [1.54, 1.807) is 7.11 Å². The highest BCUT2D eigenvalue weighted by Crippen LogP contribution is 2.44. The molecule has 0 radical (unpaired) electrons. The van der Waals surface area contributed by atoms with Gasteiger partial charge in [0.25, 0.3) is 0 Å². The van der Waals surface area contributed by atoms with Crippen molar-refractivity contribution in [2.75, 3.05) is 26.9 Å². The smallest absolute Gasteiger partial charge is 0.0499 e. The molecule has 1 fully saturated rings. The summed E-state index contributed by atoms with van der Waals surface area (Å²) in [6, 6.07) is 0. The largest absolute Gasteiger partial charge is 0.385 e. The van der Waals surface area contributed by atoms with Crippen LogP contribution >= 0.6 is 0 Å². The van der Waals surface area contributed by atoms with E-state index in [0.717, 1.165) is 32.2 Å². The maximum Gasteiger partial charge on any atom is 0.0499 e. The van der Waals surface area contributed by atoms with Crippen molar-refractivity contribution in [3.63, 3.8) is 0 Å². The molecule has 2 nitrogen and oxygen atoms in total. The summed E-state index contributed by atoms with van der Waals surface area (Å²) in [5.74, 6) is 2.11. The Labute approximate surface area is 183 Å². The van der Waals surface area contributed by atoms with Crippen LogP contribution in [-0.4, -0.2) is 26.9 Å². The van der Waals surface area contributed by atoms with Gasteiger partial charge in [-0.3, -0.25) is 0 Å². The Morgan fingerprint density at radius 3 is 2.03 bits per heavy atom. The van der Waals surface area contributed by atoms with Gasteiger partial charge in [0.2, 0.25) is 0 Å². The third-order valence-electron chi connectivity index (χ3n) is 8.27. The molecule has 1 aliphatic rings. The first kappa shape index (κ1) is 27.0. The number of ether oxygens (including phenoxy) is 2. The lowest BCUT2D eigenvalue weighted by Crippen LogP contribution is -2.32. The highest BCUT2D eigenvalue weighted by atomic mass is 16.5. The Balaban J connectivity index is 2.46. The standard InChI is InChI=1S/C27H54O2/c1-22(20-29-21-24(25(2,3)4)16-13-19-28-9)26(5,6)17-18-27(7,8)23-14-11-10-12-15-23/h22-24H,10-21H2,1-9H3. The summed E-state index contributed by atoms with van der Waals surface area (Å²) < 4.78 is 11.6. The molecule has 0 saturated heterocycles. The lowest BCUT2D eigenvalue weighted by Gasteiger charge is -2.41. The van der Waals surface area contributed by atoms with E-state index in [2.05, 4.69) is 55.4 Å². The zero-order chi connectivity index (χ0) is 22.1. The minimum Gasteiger partial charge on any atom is -0.385 e. The van der Waals surface area contributed by atoms with Crippen molar-refractivity contribution >= 4 is 0 Å². The molecule has 0 bridgehead atoms. The van der Waals surface area contributed by atoms with E-state index < -0.39 is 0 Å². The van der Waals surface area contributed by atoms with Gasteiger partial charge in [-0.25, -0.2) is 0 Å². The molecule has 174 valence electrons. The second-order valence-corrected chi connectivity index (χ2v) is 12.4. The minimum absolute atomic E-state index is 0.288. The lowest BCUT2D eigenvalue weighted by atomic mass is 9.65. The molecule has 0 aromatic rings. The molecule has 0 heterocycles. The van der Waals surface area contributed by atoms with Gasteiger partial charge in [0.05, 0.1) is 0 Å². The zero-order valence-electron chi connectivity index (χ0n) is 21.5. The van der Waals surface area contributed by atoms with E-state index in [4.69, 9.17) is 9.47 Å². The molecule has 2 heteroatoms. The average molecular weight is 411 g/mol. The predicted molar refractivity (Wildman–Crippen MR) is 127 cm³/mol. The van der Waals surface area contributed by atoms with E-state index in [0.29, 0.717) is 22.7 Å². The Hall–Kier alpha value is -0.0800. The number of hydrogen-bond donors (Lipinski definition) is 0. The Morgan fingerprint density at radius 1 is 0.862 bits per heavy atom. The molecule has 0 N–H and O–H groups in total. The van der Waals surface area contributed by atoms with E-state index >= 15 is 0 Å². The summed E-state index contributed by atoms with van der Waals surface area (Å²) >= 11 is 0. The van der Waals surface area contributed by atoms with Crippen LogP contribution in [0.25, 0.3) is 0 Å². The van der Waals surface area contributed by atoms with Crippen molar-refractivity contribution in [1.29, 1.82) is 0 Å². The van der Waals surface area contributed by atoms with Crippen LogP contribution in [0.1, 0.15) is 113 Å². The van der Waals surface area contributed by atoms with Gasteiger partial charge in [-0.1, -0.05) is 74.7 Å². The second-order valence-electron chi connectivity index (χ2n) is 12.4. The van der Waals surface area contributed by atoms with E-state index in [9.17, 15) is 0 Å². The summed E-state index contributed by atoms with van der Waals surface area (Å²) in [6.45, 7) is 22.0. The number of hydrogen-bond acceptors (Lipinski definition) is 2. The third kappa shape index (κ3) is 9.72. The number of methoxy groups -OCH3 is 1. The van der Waals surface area contributed by atoms with Crippen LogP contribution < -0.4 is 0 Å². The van der Waals surface area contributed by atoms with Crippen LogP contribution in [-0.2, 0) is 9.47 Å². The van der Waals surface area contributed by atoms with Crippen molar-refractivity contribution in [3.05, 3.63) is 0 Å². The van der Waals surface area contributed by atoms with Crippen LogP contribution in [0.5, 0.6) is 0 Å². The maximum atomic E-state index is 6.31. The van der Waals surface area contributed by atoms with Gasteiger partial charge >= 0.3 is 0 Å². The van der Waals surface area contributed by atoms with E-state index in [1.165, 1.54) is 51.4 Å². The average Bonchev–Trinajstić information content (AvgIpc) is 2.65. The molecule has 0 aromatic heterocycles. The van der Waals surface area contributed by atoms with Crippen molar-refractivity contribution in [2.45, 2.75) is 113 Å². The Kier molecular flexibility index (Phi) is 11.2. The summed E-state index contributed by atoms with van der Waals surface area (Å²) in [5, 5.41) is 0. The summed E-state index contributed by atoms with van der Waals surface area (Å²) in [6.07, 6.45) is 12.2. The zero-order valence-corrected chi connectivity index (χ0v) is 21.5. The van der Waals surface area contributed by atoms with Gasteiger partial charge in [-0.05, 0) is 72.5 Å². The molecule has 1 saturated carbocycles. The topological polar surface area (TPSA) is 18.5 Å². The predicted octanol–water partition coefficient (Wildman–Crippen LogP) is 8.14. The SMILES string of the molecule is COCCCC(COCC(C)C(C)(C)CCC(C)(C)C1CCCCC1)C(C)(C)C. The molecule has 29 heavy (non-hydrogen) atoms. The first-order chi connectivity index (χ1) is 13.4. The van der Waals surface area contributed by atoms with Crippen molar-refractivity contribution < 1.29 is 9.47 Å². The van der Waals surface area contributed by atoms with Gasteiger partial charge in [-0.15, -0.1) is 0 Å². The summed E-state index contributed by atoms with van der Waals surface area (Å²) in [4.78, 5) is 0. The van der Waals surface area contributed by atoms with E-state index in [1.807, 2.05) is 0 Å². The van der Waals surface area contributed by atoms with Crippen molar-refractivity contribution in [1.82, 2.24) is 0 Å². The fourth-order valence-electron chi connectivity index (χ4n) is 4.83. The van der Waals surface area contributed by atoms with Gasteiger partial charge < -0.3 is 9.47 Å².